The highest BCUT2D eigenvalue weighted by Crippen LogP contribution is 2.28. The highest BCUT2D eigenvalue weighted by molar-refractivity contribution is 5.99. The van der Waals surface area contributed by atoms with Crippen molar-refractivity contribution in [3.8, 4) is 5.75 Å². The van der Waals surface area contributed by atoms with Crippen molar-refractivity contribution in [1.29, 1.82) is 0 Å². The van der Waals surface area contributed by atoms with Crippen molar-refractivity contribution in [2.75, 3.05) is 13.7 Å². The molecule has 1 heterocycles. The van der Waals surface area contributed by atoms with E-state index in [0.717, 1.165) is 5.56 Å². The molecule has 0 aliphatic carbocycles. The van der Waals surface area contributed by atoms with E-state index in [4.69, 9.17) is 9.15 Å². The molecule has 0 radical (unpaired) electrons. The molecule has 7 nitrogen and oxygen atoms in total. The first-order valence-electron chi connectivity index (χ1n) is 8.42. The van der Waals surface area contributed by atoms with Gasteiger partial charge in [0.05, 0.1) is 13.7 Å². The number of benzene rings is 2. The Morgan fingerprint density at radius 3 is 2.63 bits per heavy atom. The summed E-state index contributed by atoms with van der Waals surface area (Å²) in [6.45, 7) is -0.232. The van der Waals surface area contributed by atoms with Crippen molar-refractivity contribution in [2.45, 2.75) is 12.6 Å². The number of fused-ring (bicyclic) bond motifs is 1. The second kappa shape index (κ2) is 8.37. The lowest BCUT2D eigenvalue weighted by Gasteiger charge is -2.15. The van der Waals surface area contributed by atoms with Gasteiger partial charge in [0.2, 0.25) is 5.91 Å². The Balaban J connectivity index is 1.66. The van der Waals surface area contributed by atoms with E-state index in [9.17, 15) is 14.7 Å². The van der Waals surface area contributed by atoms with Crippen LogP contribution in [-0.2, 0) is 11.3 Å². The molecule has 140 valence electrons. The lowest BCUT2D eigenvalue weighted by molar-refractivity contribution is -0.124. The average molecular weight is 368 g/mol. The molecule has 1 atom stereocenters. The minimum absolute atomic E-state index is 0.0313. The second-order valence-corrected chi connectivity index (χ2v) is 5.90. The largest absolute Gasteiger partial charge is 0.493 e. The Morgan fingerprint density at radius 1 is 1.15 bits per heavy atom. The van der Waals surface area contributed by atoms with E-state index in [2.05, 4.69) is 10.6 Å². The number of aliphatic hydroxyl groups is 1. The van der Waals surface area contributed by atoms with E-state index in [1.54, 1.807) is 24.3 Å². The predicted octanol–water partition coefficient (Wildman–Crippen LogP) is 1.85. The molecular formula is C20H20N2O5. The third-order valence-corrected chi connectivity index (χ3v) is 4.07. The summed E-state index contributed by atoms with van der Waals surface area (Å²) in [7, 11) is 1.51. The van der Waals surface area contributed by atoms with Crippen LogP contribution in [0.2, 0.25) is 0 Å². The summed E-state index contributed by atoms with van der Waals surface area (Å²) in [6.07, 6.45) is 0. The number of carbonyl (C=O) groups excluding carboxylic acids is 2. The number of ether oxygens (including phenoxy) is 1. The van der Waals surface area contributed by atoms with Gasteiger partial charge in [-0.3, -0.25) is 9.59 Å². The van der Waals surface area contributed by atoms with Crippen LogP contribution in [0.3, 0.4) is 0 Å². The second-order valence-electron chi connectivity index (χ2n) is 5.90. The third kappa shape index (κ3) is 4.27. The molecule has 3 N–H and O–H groups in total. The molecule has 7 heteroatoms. The van der Waals surface area contributed by atoms with Gasteiger partial charge in [0.1, 0.15) is 6.04 Å². The fraction of sp³-hybridized carbons (Fsp3) is 0.200. The van der Waals surface area contributed by atoms with Crippen molar-refractivity contribution in [2.24, 2.45) is 0 Å². The number of carbonyl (C=O) groups is 2. The van der Waals surface area contributed by atoms with Crippen LogP contribution in [0.15, 0.2) is 59.0 Å². The molecule has 3 rings (SSSR count). The Morgan fingerprint density at radius 2 is 1.93 bits per heavy atom. The van der Waals surface area contributed by atoms with Gasteiger partial charge >= 0.3 is 0 Å². The maximum absolute atomic E-state index is 12.4. The minimum atomic E-state index is -1.09. The summed E-state index contributed by atoms with van der Waals surface area (Å²) in [5.41, 5.74) is 1.36. The molecule has 0 saturated carbocycles. The van der Waals surface area contributed by atoms with Crippen LogP contribution >= 0.6 is 0 Å². The topological polar surface area (TPSA) is 101 Å². The summed E-state index contributed by atoms with van der Waals surface area (Å²) in [4.78, 5) is 24.7. The maximum atomic E-state index is 12.4. The number of nitrogens with one attached hydrogen (secondary N) is 2. The molecule has 1 unspecified atom stereocenters. The Kier molecular flexibility index (Phi) is 5.73. The lowest BCUT2D eigenvalue weighted by atomic mass is 10.2. The number of aliphatic hydroxyl groups excluding tert-OH is 1. The standard InChI is InChI=1S/C20H20N2O5/c1-26-16-9-5-8-14-10-17(27-18(14)16)20(25)22-15(12-23)19(24)21-11-13-6-3-2-4-7-13/h2-10,15,23H,11-12H2,1H3,(H,21,24)(H,22,25). The molecule has 1 aromatic heterocycles. The van der Waals surface area contributed by atoms with Crippen molar-refractivity contribution in [3.05, 3.63) is 65.9 Å². The van der Waals surface area contributed by atoms with Crippen LogP contribution in [0.5, 0.6) is 5.75 Å². The monoisotopic (exact) mass is 368 g/mol. The number of furan rings is 1. The molecule has 27 heavy (non-hydrogen) atoms. The maximum Gasteiger partial charge on any atom is 0.287 e. The Hall–Kier alpha value is -3.32. The highest BCUT2D eigenvalue weighted by Gasteiger charge is 2.23. The van der Waals surface area contributed by atoms with Gasteiger partial charge in [-0.2, -0.15) is 0 Å². The van der Waals surface area contributed by atoms with E-state index in [1.807, 2.05) is 30.3 Å². The summed E-state index contributed by atoms with van der Waals surface area (Å²) < 4.78 is 10.8. The van der Waals surface area contributed by atoms with E-state index < -0.39 is 24.5 Å². The van der Waals surface area contributed by atoms with Gasteiger partial charge in [0.15, 0.2) is 17.1 Å². The number of para-hydroxylation sites is 1. The van der Waals surface area contributed by atoms with Gasteiger partial charge in [-0.1, -0.05) is 42.5 Å². The molecule has 0 spiro atoms. The van der Waals surface area contributed by atoms with E-state index in [0.29, 0.717) is 23.3 Å². The molecule has 0 saturated heterocycles. The molecule has 2 aromatic carbocycles. The van der Waals surface area contributed by atoms with E-state index >= 15 is 0 Å². The number of amides is 2. The van der Waals surface area contributed by atoms with Crippen LogP contribution in [-0.4, -0.2) is 36.7 Å². The van der Waals surface area contributed by atoms with Crippen molar-refractivity contribution in [1.82, 2.24) is 10.6 Å². The summed E-state index contributed by atoms with van der Waals surface area (Å²) in [5, 5.41) is 15.4. The molecular weight excluding hydrogens is 348 g/mol. The van der Waals surface area contributed by atoms with Crippen LogP contribution in [0.1, 0.15) is 16.1 Å². The molecule has 2 amide bonds. The number of hydrogen-bond donors (Lipinski definition) is 3. The van der Waals surface area contributed by atoms with E-state index in [1.165, 1.54) is 7.11 Å². The van der Waals surface area contributed by atoms with Gasteiger partial charge in [-0.25, -0.2) is 0 Å². The molecule has 0 aliphatic rings. The first-order valence-corrected chi connectivity index (χ1v) is 8.42. The van der Waals surface area contributed by atoms with Crippen LogP contribution in [0.4, 0.5) is 0 Å². The lowest BCUT2D eigenvalue weighted by Crippen LogP contribution is -2.48. The summed E-state index contributed by atoms with van der Waals surface area (Å²) >= 11 is 0. The highest BCUT2D eigenvalue weighted by atomic mass is 16.5. The molecule has 0 aliphatic heterocycles. The average Bonchev–Trinajstić information content (AvgIpc) is 3.15. The van der Waals surface area contributed by atoms with Gasteiger partial charge in [-0.05, 0) is 17.7 Å². The van der Waals surface area contributed by atoms with Gasteiger partial charge < -0.3 is 24.9 Å². The van der Waals surface area contributed by atoms with Gasteiger partial charge in [0.25, 0.3) is 5.91 Å². The van der Waals surface area contributed by atoms with Crippen molar-refractivity contribution < 1.29 is 23.8 Å². The number of hydrogen-bond acceptors (Lipinski definition) is 5. The summed E-state index contributed by atoms with van der Waals surface area (Å²) in [6, 6.07) is 15.1. The fourth-order valence-electron chi connectivity index (χ4n) is 2.64. The Labute approximate surface area is 155 Å². The van der Waals surface area contributed by atoms with Gasteiger partial charge in [0, 0.05) is 11.9 Å². The van der Waals surface area contributed by atoms with Crippen LogP contribution < -0.4 is 15.4 Å². The number of methoxy groups -OCH3 is 1. The SMILES string of the molecule is COc1cccc2cc(C(=O)NC(CO)C(=O)NCc3ccccc3)oc12. The first-order chi connectivity index (χ1) is 13.1. The van der Waals surface area contributed by atoms with Crippen LogP contribution in [0, 0.1) is 0 Å². The molecule has 0 fully saturated rings. The summed E-state index contributed by atoms with van der Waals surface area (Å²) in [5.74, 6) is -0.541. The normalized spacial score (nSPS) is 11.8. The third-order valence-electron chi connectivity index (χ3n) is 4.07. The molecule has 0 bridgehead atoms. The van der Waals surface area contributed by atoms with Crippen LogP contribution in [0.25, 0.3) is 11.0 Å². The first kappa shape index (κ1) is 18.5. The fourth-order valence-corrected chi connectivity index (χ4v) is 2.64. The number of rotatable bonds is 7. The predicted molar refractivity (Wildman–Crippen MR) is 99.4 cm³/mol. The van der Waals surface area contributed by atoms with Crippen molar-refractivity contribution in [3.63, 3.8) is 0 Å². The Bertz CT molecular complexity index is 936. The smallest absolute Gasteiger partial charge is 0.287 e. The quantitative estimate of drug-likeness (QED) is 0.591. The van der Waals surface area contributed by atoms with Crippen molar-refractivity contribution >= 4 is 22.8 Å². The zero-order valence-corrected chi connectivity index (χ0v) is 14.8. The van der Waals surface area contributed by atoms with Gasteiger partial charge in [-0.15, -0.1) is 0 Å². The van der Waals surface area contributed by atoms with E-state index in [-0.39, 0.29) is 5.76 Å². The zero-order valence-electron chi connectivity index (χ0n) is 14.8. The molecule has 3 aromatic rings. The zero-order chi connectivity index (χ0) is 19.2. The minimum Gasteiger partial charge on any atom is -0.493 e.